The van der Waals surface area contributed by atoms with E-state index in [1.54, 1.807) is 42.5 Å². The summed E-state index contributed by atoms with van der Waals surface area (Å²) < 4.78 is 67.4. The molecule has 0 radical (unpaired) electrons. The number of likely N-dealkylation sites (N-methyl/N-ethyl adjacent to an activating group) is 1. The van der Waals surface area contributed by atoms with Gasteiger partial charge in [0, 0.05) is 53.5 Å². The van der Waals surface area contributed by atoms with E-state index in [-0.39, 0.29) is 82.6 Å². The van der Waals surface area contributed by atoms with Crippen molar-refractivity contribution in [2.45, 2.75) is 168 Å². The minimum atomic E-state index is -3.92. The summed E-state index contributed by atoms with van der Waals surface area (Å²) >= 11 is 7.20. The number of halogens is 1. The van der Waals surface area contributed by atoms with Crippen LogP contribution < -0.4 is 78.3 Å². The van der Waals surface area contributed by atoms with Gasteiger partial charge in [-0.1, -0.05) is 80.0 Å². The number of hydrogen-bond acceptors (Lipinski definition) is 28. The average molecular weight is 1780 g/mol. The summed E-state index contributed by atoms with van der Waals surface area (Å²) in [5.41, 5.74) is 8.96. The van der Waals surface area contributed by atoms with Crippen LogP contribution in [0.15, 0.2) is 157 Å². The second kappa shape index (κ2) is 38.2. The summed E-state index contributed by atoms with van der Waals surface area (Å²) in [4.78, 5) is 134. The number of benzene rings is 8. The summed E-state index contributed by atoms with van der Waals surface area (Å²) in [6.07, 6.45) is -18.5. The lowest BCUT2D eigenvalue weighted by atomic mass is 9.86. The highest BCUT2D eigenvalue weighted by atomic mass is 35.5. The molecule has 9 amide bonds. The smallest absolute Gasteiger partial charge is 0.261 e. The first-order valence-electron chi connectivity index (χ1n) is 40.1. The van der Waals surface area contributed by atoms with Gasteiger partial charge in [-0.15, -0.1) is 0 Å². The van der Waals surface area contributed by atoms with Gasteiger partial charge in [0.1, 0.15) is 95.5 Å². The molecule has 8 aromatic rings. The fourth-order valence-electron chi connectivity index (χ4n) is 15.4. The normalized spacial score (nSPS) is 25.9. The first kappa shape index (κ1) is 91.3. The van der Waals surface area contributed by atoms with Crippen LogP contribution in [0.2, 0.25) is 5.02 Å². The Kier molecular flexibility index (Phi) is 27.7. The number of amides is 9. The molecule has 11 bridgehead atoms. The zero-order valence-electron chi connectivity index (χ0n) is 68.2. The highest BCUT2D eigenvalue weighted by molar-refractivity contribution is 7.92. The maximum absolute atomic E-state index is 16.3. The Morgan fingerprint density at radius 1 is 0.675 bits per heavy atom. The molecule has 0 spiro atoms. The number of ether oxygens (including phenoxy) is 6. The molecule has 8 aromatic carbocycles. The van der Waals surface area contributed by atoms with Crippen molar-refractivity contribution in [3.63, 3.8) is 0 Å². The molecule has 3 unspecified atom stereocenters. The van der Waals surface area contributed by atoms with E-state index in [9.17, 15) is 73.6 Å². The Bertz CT molecular complexity index is 5620. The van der Waals surface area contributed by atoms with Crippen LogP contribution in [0.25, 0.3) is 21.9 Å². The quantitative estimate of drug-likeness (QED) is 0.0459. The molecule has 126 heavy (non-hydrogen) atoms. The Hall–Kier alpha value is -12.4. The van der Waals surface area contributed by atoms with Crippen LogP contribution in [0.1, 0.15) is 122 Å². The standard InChI is InChI=1S/C86H95ClN12O26S/c1-38(2)26-54(90-5)78(111)97-68-70(105)40-15-20-49(21-16-40)121-59-31-46-32-60(74(59)125-85-75(73(108)72(107)61(37-100)123-85)124-63-36-86(4,89)76(109)39(3)120-63)122-58-23-18-44(30-53(58)87)71(106)69-84(117)96-67(80(113)92-25-9-24-91-77(110)45-13-12-42-28-47(19-14-41(42)27-45)99-126(118,119)50-10-7-6-8-11-50)52-33-48(101)34-57(103)64(52)51-29-43(17-22-56(51)102)65(81(114)98-69)95-82(115)66(46)94-79(112)55(35-62(88)104)93-83(68)116/h6-8,10-23,27-34,38-39,54-55,61,63,65-73,75-76,85,90,99-103,105-109H,9,24-26,35-37,89H2,1-5H3,(H2,88,104)(H,91,110)(H,92,113)(H,93,116)(H,94,112)(H,95,115)(H,96,117)(H,97,111)(H,98,114)/t39-,54+,55-,61+,63?,65+,66?,67?,68+,69-,70+,71+,72+,73-,75+,76+,85-,86-/m0/s1. The molecule has 38 nitrogen and oxygen atoms in total. The lowest BCUT2D eigenvalue weighted by molar-refractivity contribution is -0.333. The van der Waals surface area contributed by atoms with E-state index in [1.165, 1.54) is 75.5 Å². The van der Waals surface area contributed by atoms with Gasteiger partial charge >= 0.3 is 0 Å². The van der Waals surface area contributed by atoms with Crippen LogP contribution in [0.5, 0.6) is 46.0 Å². The Morgan fingerprint density at radius 3 is 2.03 bits per heavy atom. The molecule has 2 saturated heterocycles. The van der Waals surface area contributed by atoms with E-state index < -0.39 is 247 Å². The van der Waals surface area contributed by atoms with Crippen molar-refractivity contribution in [1.82, 2.24) is 47.9 Å². The molecule has 0 saturated carbocycles. The molecule has 0 aromatic heterocycles. The highest BCUT2D eigenvalue weighted by Crippen LogP contribution is 2.50. The van der Waals surface area contributed by atoms with Crippen molar-refractivity contribution < 1.29 is 126 Å². The number of rotatable bonds is 21. The number of aliphatic hydroxyl groups excluding tert-OH is 6. The molecule has 40 heteroatoms. The average Bonchev–Trinajstić information content (AvgIpc) is 0.762. The van der Waals surface area contributed by atoms with Gasteiger partial charge in [0.25, 0.3) is 15.9 Å². The van der Waals surface area contributed by atoms with E-state index in [0.29, 0.717) is 10.8 Å². The van der Waals surface area contributed by atoms with E-state index in [2.05, 4.69) is 52.6 Å². The topological polar surface area (TPSA) is 598 Å². The number of phenolic OH excluding ortho intramolecular Hbond substituents is 3. The van der Waals surface area contributed by atoms with Crippen molar-refractivity contribution in [3.05, 3.63) is 190 Å². The summed E-state index contributed by atoms with van der Waals surface area (Å²) in [6.45, 7) is 5.35. The number of carbonyl (C=O) groups excluding carboxylic acids is 9. The third-order valence-corrected chi connectivity index (χ3v) is 23.8. The minimum absolute atomic E-state index is 0.00545. The number of fused-ring (bicyclic) bond motifs is 16. The van der Waals surface area contributed by atoms with E-state index in [0.717, 1.165) is 54.6 Å². The molecule has 2 fully saturated rings. The highest BCUT2D eigenvalue weighted by Gasteiger charge is 2.52. The van der Waals surface area contributed by atoms with Crippen LogP contribution >= 0.6 is 11.6 Å². The van der Waals surface area contributed by atoms with Gasteiger partial charge in [-0.05, 0) is 169 Å². The molecule has 23 N–H and O–H groups in total. The molecule has 7 aliphatic heterocycles. The number of phenols is 3. The number of nitrogens with one attached hydrogen (secondary N) is 10. The zero-order chi connectivity index (χ0) is 90.7. The Balaban J connectivity index is 0.907. The van der Waals surface area contributed by atoms with Gasteiger partial charge in [0.05, 0.1) is 41.2 Å². The van der Waals surface area contributed by atoms with Crippen LogP contribution in [-0.2, 0) is 62.6 Å². The Morgan fingerprint density at radius 2 is 1.34 bits per heavy atom. The van der Waals surface area contributed by atoms with E-state index >= 15 is 24.0 Å². The number of anilines is 1. The number of nitrogens with two attached hydrogens (primary N) is 2. The summed E-state index contributed by atoms with van der Waals surface area (Å²) in [5, 5.41) is 130. The van der Waals surface area contributed by atoms with Gasteiger partial charge < -0.3 is 134 Å². The third-order valence-electron chi connectivity index (χ3n) is 22.1. The summed E-state index contributed by atoms with van der Waals surface area (Å²) in [7, 11) is -2.44. The maximum Gasteiger partial charge on any atom is 0.261 e. The van der Waals surface area contributed by atoms with Crippen LogP contribution in [0, 0.1) is 5.92 Å². The van der Waals surface area contributed by atoms with E-state index in [1.807, 2.05) is 13.8 Å². The lowest BCUT2D eigenvalue weighted by Gasteiger charge is -2.47. The molecular formula is C86H95ClN12O26S. The van der Waals surface area contributed by atoms with Gasteiger partial charge in [-0.2, -0.15) is 0 Å². The van der Waals surface area contributed by atoms with Gasteiger partial charge in [-0.3, -0.25) is 47.9 Å². The number of sulfonamides is 1. The molecular weight excluding hydrogens is 1680 g/mol. The summed E-state index contributed by atoms with van der Waals surface area (Å²) in [6, 6.07) is 18.8. The fourth-order valence-corrected chi connectivity index (χ4v) is 16.7. The molecule has 7 aliphatic rings. The van der Waals surface area contributed by atoms with Gasteiger partial charge in [0.15, 0.2) is 23.9 Å². The largest absolute Gasteiger partial charge is 0.508 e. The first-order valence-corrected chi connectivity index (χ1v) is 41.9. The molecule has 668 valence electrons. The number of aromatic hydroxyl groups is 3. The monoisotopic (exact) mass is 1780 g/mol. The van der Waals surface area contributed by atoms with Crippen LogP contribution in [0.3, 0.4) is 0 Å². The molecule has 18 atom stereocenters. The van der Waals surface area contributed by atoms with Crippen LogP contribution in [-0.4, -0.2) is 213 Å². The van der Waals surface area contributed by atoms with Crippen LogP contribution in [0.4, 0.5) is 5.69 Å². The lowest BCUT2D eigenvalue weighted by Crippen LogP contribution is -2.64. The third kappa shape index (κ3) is 20.3. The minimum Gasteiger partial charge on any atom is -0.508 e. The first-order chi connectivity index (χ1) is 59.9. The predicted molar refractivity (Wildman–Crippen MR) is 448 cm³/mol. The molecule has 0 aliphatic carbocycles. The summed E-state index contributed by atoms with van der Waals surface area (Å²) in [5.74, 6) is -15.3. The van der Waals surface area contributed by atoms with Gasteiger partial charge in [-0.25, -0.2) is 8.42 Å². The molecule has 15 rings (SSSR count). The van der Waals surface area contributed by atoms with Crippen molar-refractivity contribution in [3.8, 4) is 57.1 Å². The zero-order valence-corrected chi connectivity index (χ0v) is 69.8. The second-order valence-electron chi connectivity index (χ2n) is 31.9. The Labute approximate surface area is 725 Å². The van der Waals surface area contributed by atoms with Gasteiger partial charge in [0.2, 0.25) is 59.3 Å². The van der Waals surface area contributed by atoms with Crippen molar-refractivity contribution in [2.24, 2.45) is 17.4 Å². The predicted octanol–water partition coefficient (Wildman–Crippen LogP) is 2.26. The van der Waals surface area contributed by atoms with E-state index in [4.69, 9.17) is 51.5 Å². The number of carbonyl (C=O) groups is 9. The fraction of sp³-hybridized carbons (Fsp3) is 0.360. The van der Waals surface area contributed by atoms with Crippen molar-refractivity contribution in [2.75, 3.05) is 31.5 Å². The van der Waals surface area contributed by atoms with Crippen molar-refractivity contribution >= 4 is 91.2 Å². The maximum atomic E-state index is 16.3. The van der Waals surface area contributed by atoms with Crippen molar-refractivity contribution in [1.29, 1.82) is 0 Å². The SMILES string of the molecule is CN[C@H](CC(C)C)C(=O)N[C@H]1C(=O)N[C@@H](CC(N)=O)C(=O)NC2C(=O)N[C@H]3C(=O)N[C@H](C(=O)NC(C(=O)NCCCNC(=O)c4ccc5cc(NS(=O)(=O)c6ccccc6)ccc5c4)c4cc(O)cc(O)c4-c4cc3ccc4O)[C@H](O)c3ccc(c(Cl)c3)Oc3cc2cc(c3O[C@@H]2O[C@H](CO)[C@@H](O)[C@H](O)[C@H]2OC2C[C@](C)(N)[C@H](O)[C@H](C)O2)Oc2ccc(cc2)[C@H]1O. The number of hydrogen-bond donors (Lipinski definition) is 21. The second-order valence-corrected chi connectivity index (χ2v) is 33.9. The number of primary amides is 1. The number of aliphatic hydroxyl groups is 6. The molecule has 7 heterocycles.